The Morgan fingerprint density at radius 2 is 1.83 bits per heavy atom. The van der Waals surface area contributed by atoms with Gasteiger partial charge in [-0.25, -0.2) is 4.39 Å². The second-order valence-corrected chi connectivity index (χ2v) is 6.94. The molecule has 1 heterocycles. The number of carbonyl (C=O) groups is 3. The highest BCUT2D eigenvalue weighted by Gasteiger charge is 2.20. The summed E-state index contributed by atoms with van der Waals surface area (Å²) in [5.41, 5.74) is 0.661. The molecule has 0 saturated carbocycles. The summed E-state index contributed by atoms with van der Waals surface area (Å²) in [6.45, 7) is 2.24. The summed E-state index contributed by atoms with van der Waals surface area (Å²) in [4.78, 5) is 36.5. The van der Waals surface area contributed by atoms with E-state index in [-0.39, 0.29) is 29.3 Å². The molecule has 30 heavy (non-hydrogen) atoms. The molecule has 1 aliphatic heterocycles. The molecule has 0 saturated heterocycles. The number of nitrogens with one attached hydrogen (secondary N) is 1. The van der Waals surface area contributed by atoms with E-state index in [1.54, 1.807) is 18.2 Å². The van der Waals surface area contributed by atoms with Crippen LogP contribution >= 0.6 is 11.6 Å². The van der Waals surface area contributed by atoms with Crippen LogP contribution in [0.1, 0.15) is 30.1 Å². The molecule has 0 aliphatic carbocycles. The van der Waals surface area contributed by atoms with E-state index < -0.39 is 23.8 Å². The van der Waals surface area contributed by atoms with Crippen molar-refractivity contribution >= 4 is 34.9 Å². The van der Waals surface area contributed by atoms with Crippen molar-refractivity contribution in [3.05, 3.63) is 52.8 Å². The van der Waals surface area contributed by atoms with Gasteiger partial charge < -0.3 is 19.5 Å². The number of ether oxygens (including phenoxy) is 3. The Bertz CT molecular complexity index is 980. The summed E-state index contributed by atoms with van der Waals surface area (Å²) in [5.74, 6) is -1.12. The van der Waals surface area contributed by atoms with E-state index in [0.29, 0.717) is 30.3 Å². The minimum Gasteiger partial charge on any atom is -0.486 e. The Morgan fingerprint density at radius 1 is 1.10 bits per heavy atom. The standard InChI is InChI=1S/C21H19ClFNO6/c1-12(21(27)24-14-3-4-16(23)15(22)11-14)30-20(26)7-5-17(25)13-2-6-18-19(10-13)29-9-8-28-18/h2-4,6,10-12H,5,7-9H2,1H3,(H,24,27). The van der Waals surface area contributed by atoms with Gasteiger partial charge in [-0.3, -0.25) is 14.4 Å². The molecule has 2 aromatic rings. The number of rotatable bonds is 7. The molecule has 0 fully saturated rings. The number of fused-ring (bicyclic) bond motifs is 1. The summed E-state index contributed by atoms with van der Waals surface area (Å²) >= 11 is 5.66. The molecule has 158 valence electrons. The van der Waals surface area contributed by atoms with Gasteiger partial charge in [0.05, 0.1) is 11.4 Å². The minimum absolute atomic E-state index is 0.0830. The number of Topliss-reactive ketones (excluding diaryl/α,β-unsaturated/α-hetero) is 1. The van der Waals surface area contributed by atoms with Crippen LogP contribution in [0.4, 0.5) is 10.1 Å². The Balaban J connectivity index is 1.48. The van der Waals surface area contributed by atoms with Crippen molar-refractivity contribution in [1.82, 2.24) is 0 Å². The number of carbonyl (C=O) groups excluding carboxylic acids is 3. The lowest BCUT2D eigenvalue weighted by Gasteiger charge is -2.18. The first-order valence-corrected chi connectivity index (χ1v) is 9.59. The molecule has 3 rings (SSSR count). The van der Waals surface area contributed by atoms with Crippen molar-refractivity contribution < 1.29 is 33.0 Å². The highest BCUT2D eigenvalue weighted by atomic mass is 35.5. The van der Waals surface area contributed by atoms with Gasteiger partial charge in [-0.2, -0.15) is 0 Å². The number of benzene rings is 2. The predicted octanol–water partition coefficient (Wildman–Crippen LogP) is 3.78. The monoisotopic (exact) mass is 435 g/mol. The topological polar surface area (TPSA) is 90.9 Å². The Hall–Kier alpha value is -3.13. The SMILES string of the molecule is CC(OC(=O)CCC(=O)c1ccc2c(c1)OCCO2)C(=O)Nc1ccc(F)c(Cl)c1. The number of hydrogen-bond donors (Lipinski definition) is 1. The van der Waals surface area contributed by atoms with Crippen molar-refractivity contribution in [3.8, 4) is 11.5 Å². The summed E-state index contributed by atoms with van der Waals surface area (Å²) in [6, 6.07) is 8.51. The van der Waals surface area contributed by atoms with Crippen molar-refractivity contribution in [3.63, 3.8) is 0 Å². The molecule has 1 amide bonds. The van der Waals surface area contributed by atoms with Gasteiger partial charge in [0.2, 0.25) is 0 Å². The molecular formula is C21H19ClFNO6. The molecule has 1 atom stereocenters. The molecule has 7 nitrogen and oxygen atoms in total. The van der Waals surface area contributed by atoms with Gasteiger partial charge in [-0.05, 0) is 43.3 Å². The van der Waals surface area contributed by atoms with E-state index in [0.717, 1.165) is 6.07 Å². The number of esters is 1. The molecule has 2 aromatic carbocycles. The van der Waals surface area contributed by atoms with E-state index >= 15 is 0 Å². The molecule has 0 spiro atoms. The smallest absolute Gasteiger partial charge is 0.307 e. The first kappa shape index (κ1) is 21.6. The Kier molecular flexibility index (Phi) is 6.89. The highest BCUT2D eigenvalue weighted by Crippen LogP contribution is 2.31. The molecule has 9 heteroatoms. The van der Waals surface area contributed by atoms with Crippen molar-refractivity contribution in [2.24, 2.45) is 0 Å². The van der Waals surface area contributed by atoms with Crippen LogP contribution in [0.2, 0.25) is 5.02 Å². The average Bonchev–Trinajstić information content (AvgIpc) is 2.74. The number of amides is 1. The van der Waals surface area contributed by atoms with Crippen LogP contribution in [-0.2, 0) is 14.3 Å². The predicted molar refractivity (Wildman–Crippen MR) is 107 cm³/mol. The number of ketones is 1. The molecular weight excluding hydrogens is 417 g/mol. The quantitative estimate of drug-likeness (QED) is 0.525. The van der Waals surface area contributed by atoms with Crippen molar-refractivity contribution in [2.75, 3.05) is 18.5 Å². The molecule has 0 radical (unpaired) electrons. The molecule has 1 unspecified atom stereocenters. The van der Waals surface area contributed by atoms with Crippen LogP contribution in [0.15, 0.2) is 36.4 Å². The summed E-state index contributed by atoms with van der Waals surface area (Å²) in [6.07, 6.45) is -1.38. The summed E-state index contributed by atoms with van der Waals surface area (Å²) < 4.78 is 29.1. The molecule has 0 aromatic heterocycles. The summed E-state index contributed by atoms with van der Waals surface area (Å²) in [5, 5.41) is 2.33. The van der Waals surface area contributed by atoms with Gasteiger partial charge in [-0.1, -0.05) is 11.6 Å². The van der Waals surface area contributed by atoms with Crippen molar-refractivity contribution in [2.45, 2.75) is 25.9 Å². The minimum atomic E-state index is -1.11. The fraction of sp³-hybridized carbons (Fsp3) is 0.286. The second-order valence-electron chi connectivity index (χ2n) is 6.53. The largest absolute Gasteiger partial charge is 0.486 e. The lowest BCUT2D eigenvalue weighted by atomic mass is 10.1. The zero-order valence-corrected chi connectivity index (χ0v) is 16.8. The van der Waals surface area contributed by atoms with Crippen molar-refractivity contribution in [1.29, 1.82) is 0 Å². The van der Waals surface area contributed by atoms with E-state index in [2.05, 4.69) is 5.32 Å². The van der Waals surface area contributed by atoms with Crippen LogP contribution in [0, 0.1) is 5.82 Å². The third-order valence-electron chi connectivity index (χ3n) is 4.28. The zero-order chi connectivity index (χ0) is 21.7. The van der Waals surface area contributed by atoms with Gasteiger partial charge in [0.15, 0.2) is 23.4 Å². The van der Waals surface area contributed by atoms with Crippen LogP contribution in [0.5, 0.6) is 11.5 Å². The number of anilines is 1. The maximum atomic E-state index is 13.2. The maximum absolute atomic E-state index is 13.2. The van der Waals surface area contributed by atoms with Crippen LogP contribution < -0.4 is 14.8 Å². The maximum Gasteiger partial charge on any atom is 0.307 e. The first-order chi connectivity index (χ1) is 14.3. The fourth-order valence-corrected chi connectivity index (χ4v) is 2.88. The third kappa shape index (κ3) is 5.48. The lowest BCUT2D eigenvalue weighted by Crippen LogP contribution is -2.30. The number of hydrogen-bond acceptors (Lipinski definition) is 6. The van der Waals surface area contributed by atoms with E-state index in [4.69, 9.17) is 25.8 Å². The second kappa shape index (κ2) is 9.58. The third-order valence-corrected chi connectivity index (χ3v) is 4.57. The van der Waals surface area contributed by atoms with E-state index in [1.165, 1.54) is 19.1 Å². The number of halogens is 2. The molecule has 1 N–H and O–H groups in total. The average molecular weight is 436 g/mol. The Labute approximate surface area is 177 Å². The van der Waals surface area contributed by atoms with Gasteiger partial charge in [0, 0.05) is 17.7 Å². The van der Waals surface area contributed by atoms with Crippen LogP contribution in [0.25, 0.3) is 0 Å². The van der Waals surface area contributed by atoms with Gasteiger partial charge in [-0.15, -0.1) is 0 Å². The van der Waals surface area contributed by atoms with Gasteiger partial charge >= 0.3 is 5.97 Å². The highest BCUT2D eigenvalue weighted by molar-refractivity contribution is 6.31. The van der Waals surface area contributed by atoms with Gasteiger partial charge in [0.25, 0.3) is 5.91 Å². The lowest BCUT2D eigenvalue weighted by molar-refractivity contribution is -0.153. The van der Waals surface area contributed by atoms with Gasteiger partial charge in [0.1, 0.15) is 19.0 Å². The van der Waals surface area contributed by atoms with Crippen LogP contribution in [-0.4, -0.2) is 37.0 Å². The molecule has 0 bridgehead atoms. The zero-order valence-electron chi connectivity index (χ0n) is 16.1. The summed E-state index contributed by atoms with van der Waals surface area (Å²) in [7, 11) is 0. The van der Waals surface area contributed by atoms with E-state index in [9.17, 15) is 18.8 Å². The fourth-order valence-electron chi connectivity index (χ4n) is 2.70. The molecule has 1 aliphatic rings. The van der Waals surface area contributed by atoms with E-state index in [1.807, 2.05) is 0 Å². The Morgan fingerprint density at radius 3 is 2.57 bits per heavy atom. The normalized spacial score (nSPS) is 13.3. The first-order valence-electron chi connectivity index (χ1n) is 9.21. The van der Waals surface area contributed by atoms with Crippen LogP contribution in [0.3, 0.4) is 0 Å².